The SMILES string of the molecule is COc1cc(/C=C2\C(=O)NC(=O)N(c3ccc(OCc4ccccc4)cc3)C2=O)cc(Br)c1OCc1ccc(C)cc1. The summed E-state index contributed by atoms with van der Waals surface area (Å²) < 4.78 is 17.9. The molecular weight excluding hydrogens is 600 g/mol. The van der Waals surface area contributed by atoms with Crippen molar-refractivity contribution in [2.75, 3.05) is 12.0 Å². The summed E-state index contributed by atoms with van der Waals surface area (Å²) in [5.74, 6) is -0.0895. The number of imide groups is 2. The van der Waals surface area contributed by atoms with Gasteiger partial charge >= 0.3 is 6.03 Å². The van der Waals surface area contributed by atoms with Gasteiger partial charge in [-0.15, -0.1) is 0 Å². The lowest BCUT2D eigenvalue weighted by molar-refractivity contribution is -0.122. The second-order valence-electron chi connectivity index (χ2n) is 9.53. The fourth-order valence-electron chi connectivity index (χ4n) is 4.29. The first kappa shape index (κ1) is 28.6. The van der Waals surface area contributed by atoms with Gasteiger partial charge in [-0.3, -0.25) is 14.9 Å². The van der Waals surface area contributed by atoms with Crippen LogP contribution in [0.25, 0.3) is 6.08 Å². The van der Waals surface area contributed by atoms with Crippen LogP contribution in [0, 0.1) is 6.92 Å². The van der Waals surface area contributed by atoms with Gasteiger partial charge in [0.25, 0.3) is 11.8 Å². The number of anilines is 1. The maximum absolute atomic E-state index is 13.4. The summed E-state index contributed by atoms with van der Waals surface area (Å²) >= 11 is 3.52. The molecule has 0 radical (unpaired) electrons. The lowest BCUT2D eigenvalue weighted by Gasteiger charge is -2.26. The number of nitrogens with one attached hydrogen (secondary N) is 1. The quantitative estimate of drug-likeness (QED) is 0.166. The summed E-state index contributed by atoms with van der Waals surface area (Å²) in [6, 6.07) is 26.7. The maximum Gasteiger partial charge on any atom is 0.335 e. The largest absolute Gasteiger partial charge is 0.493 e. The Bertz CT molecular complexity index is 1650. The number of nitrogens with zero attached hydrogens (tertiary/aromatic N) is 1. The number of urea groups is 1. The number of aryl methyl sites for hydroxylation is 1. The molecule has 0 saturated carbocycles. The van der Waals surface area contributed by atoms with E-state index in [2.05, 4.69) is 21.2 Å². The number of carbonyl (C=O) groups is 3. The number of amides is 4. The minimum Gasteiger partial charge on any atom is -0.493 e. The van der Waals surface area contributed by atoms with E-state index < -0.39 is 17.8 Å². The lowest BCUT2D eigenvalue weighted by Crippen LogP contribution is -2.54. The van der Waals surface area contributed by atoms with Gasteiger partial charge in [-0.25, -0.2) is 9.69 Å². The normalized spacial score (nSPS) is 14.1. The Morgan fingerprint density at radius 3 is 2.19 bits per heavy atom. The van der Waals surface area contributed by atoms with E-state index in [1.807, 2.05) is 61.5 Å². The topological polar surface area (TPSA) is 94.2 Å². The van der Waals surface area contributed by atoms with Gasteiger partial charge in [0.1, 0.15) is 24.5 Å². The molecule has 0 aliphatic carbocycles. The van der Waals surface area contributed by atoms with Crippen LogP contribution in [0.4, 0.5) is 10.5 Å². The fourth-order valence-corrected chi connectivity index (χ4v) is 4.87. The van der Waals surface area contributed by atoms with Gasteiger partial charge in [-0.1, -0.05) is 60.2 Å². The number of benzene rings is 4. The van der Waals surface area contributed by atoms with Gasteiger partial charge in [0, 0.05) is 0 Å². The van der Waals surface area contributed by atoms with Gasteiger partial charge in [0.15, 0.2) is 11.5 Å². The van der Waals surface area contributed by atoms with Crippen LogP contribution in [0.1, 0.15) is 22.3 Å². The van der Waals surface area contributed by atoms with E-state index in [-0.39, 0.29) is 5.57 Å². The number of hydrogen-bond donors (Lipinski definition) is 1. The molecule has 42 heavy (non-hydrogen) atoms. The highest BCUT2D eigenvalue weighted by atomic mass is 79.9. The summed E-state index contributed by atoms with van der Waals surface area (Å²) in [7, 11) is 1.50. The number of rotatable bonds is 9. The molecule has 0 spiro atoms. The molecule has 9 heteroatoms. The third-order valence-corrected chi connectivity index (χ3v) is 7.10. The van der Waals surface area contributed by atoms with Crippen molar-refractivity contribution in [2.24, 2.45) is 0 Å². The molecule has 1 aliphatic heterocycles. The van der Waals surface area contributed by atoms with Gasteiger partial charge < -0.3 is 14.2 Å². The smallest absolute Gasteiger partial charge is 0.335 e. The molecule has 1 N–H and O–H groups in total. The second kappa shape index (κ2) is 12.7. The summed E-state index contributed by atoms with van der Waals surface area (Å²) in [5.41, 5.74) is 3.74. The fraction of sp³-hybridized carbons (Fsp3) is 0.121. The lowest BCUT2D eigenvalue weighted by atomic mass is 10.1. The van der Waals surface area contributed by atoms with Crippen molar-refractivity contribution < 1.29 is 28.6 Å². The van der Waals surface area contributed by atoms with Crippen LogP contribution in [-0.2, 0) is 22.8 Å². The van der Waals surface area contributed by atoms with E-state index in [4.69, 9.17) is 14.2 Å². The average molecular weight is 627 g/mol. The van der Waals surface area contributed by atoms with Crippen LogP contribution < -0.4 is 24.4 Å². The van der Waals surface area contributed by atoms with Crippen molar-refractivity contribution in [1.29, 1.82) is 0 Å². The van der Waals surface area contributed by atoms with E-state index in [0.29, 0.717) is 46.2 Å². The predicted molar refractivity (Wildman–Crippen MR) is 162 cm³/mol. The Morgan fingerprint density at radius 2 is 1.50 bits per heavy atom. The number of hydrogen-bond acceptors (Lipinski definition) is 6. The van der Waals surface area contributed by atoms with Crippen molar-refractivity contribution in [3.63, 3.8) is 0 Å². The number of methoxy groups -OCH3 is 1. The molecule has 4 aromatic carbocycles. The molecule has 4 aromatic rings. The van der Waals surface area contributed by atoms with Crippen LogP contribution >= 0.6 is 15.9 Å². The molecule has 0 atom stereocenters. The molecule has 1 fully saturated rings. The third-order valence-electron chi connectivity index (χ3n) is 6.51. The van der Waals surface area contributed by atoms with E-state index in [1.165, 1.54) is 13.2 Å². The van der Waals surface area contributed by atoms with Crippen LogP contribution in [0.15, 0.2) is 101 Å². The van der Waals surface area contributed by atoms with Crippen LogP contribution in [-0.4, -0.2) is 25.0 Å². The Balaban J connectivity index is 1.34. The van der Waals surface area contributed by atoms with Crippen molar-refractivity contribution in [2.45, 2.75) is 20.1 Å². The van der Waals surface area contributed by atoms with Crippen molar-refractivity contribution in [1.82, 2.24) is 5.32 Å². The van der Waals surface area contributed by atoms with E-state index in [0.717, 1.165) is 21.6 Å². The molecular formula is C33H27BrN2O6. The van der Waals surface area contributed by atoms with Crippen LogP contribution in [0.2, 0.25) is 0 Å². The van der Waals surface area contributed by atoms with Crippen LogP contribution in [0.3, 0.4) is 0 Å². The number of carbonyl (C=O) groups excluding carboxylic acids is 3. The summed E-state index contributed by atoms with van der Waals surface area (Å²) in [6.07, 6.45) is 1.41. The number of halogens is 1. The molecule has 4 amide bonds. The van der Waals surface area contributed by atoms with Crippen molar-refractivity contribution >= 4 is 45.5 Å². The highest BCUT2D eigenvalue weighted by Gasteiger charge is 2.37. The minimum atomic E-state index is -0.835. The van der Waals surface area contributed by atoms with E-state index in [1.54, 1.807) is 36.4 Å². The zero-order valence-corrected chi connectivity index (χ0v) is 24.5. The monoisotopic (exact) mass is 626 g/mol. The molecule has 1 heterocycles. The van der Waals surface area contributed by atoms with Gasteiger partial charge in [0.05, 0.1) is 17.3 Å². The van der Waals surface area contributed by atoms with Crippen LogP contribution in [0.5, 0.6) is 17.2 Å². The molecule has 1 saturated heterocycles. The van der Waals surface area contributed by atoms with E-state index in [9.17, 15) is 14.4 Å². The molecule has 0 bridgehead atoms. The molecule has 5 rings (SSSR count). The first-order valence-electron chi connectivity index (χ1n) is 13.1. The predicted octanol–water partition coefficient (Wildman–Crippen LogP) is 6.59. The highest BCUT2D eigenvalue weighted by Crippen LogP contribution is 2.38. The number of barbiturate groups is 1. The second-order valence-corrected chi connectivity index (χ2v) is 10.4. The maximum atomic E-state index is 13.4. The standard InChI is InChI=1S/C33H27BrN2O6/c1-21-8-10-23(11-9-21)20-42-30-28(34)17-24(18-29(30)40-2)16-27-31(37)35-33(39)36(32(27)38)25-12-14-26(15-13-25)41-19-22-6-4-3-5-7-22/h3-18H,19-20H2,1-2H3,(H,35,37,39)/b27-16+. The summed E-state index contributed by atoms with van der Waals surface area (Å²) in [6.45, 7) is 2.71. The Hall–Kier alpha value is -4.89. The molecule has 212 valence electrons. The molecule has 1 aliphatic rings. The molecule has 0 unspecified atom stereocenters. The average Bonchev–Trinajstić information content (AvgIpc) is 2.99. The summed E-state index contributed by atoms with van der Waals surface area (Å²) in [5, 5.41) is 2.25. The van der Waals surface area contributed by atoms with Crippen molar-refractivity contribution in [3.05, 3.63) is 123 Å². The van der Waals surface area contributed by atoms with Gasteiger partial charge in [0.2, 0.25) is 0 Å². The Morgan fingerprint density at radius 1 is 0.833 bits per heavy atom. The summed E-state index contributed by atoms with van der Waals surface area (Å²) in [4.78, 5) is 39.7. The van der Waals surface area contributed by atoms with Gasteiger partial charge in [-0.2, -0.15) is 0 Å². The Labute approximate surface area is 251 Å². The molecule has 0 aromatic heterocycles. The van der Waals surface area contributed by atoms with Crippen molar-refractivity contribution in [3.8, 4) is 17.2 Å². The third kappa shape index (κ3) is 6.53. The highest BCUT2D eigenvalue weighted by molar-refractivity contribution is 9.10. The molecule has 8 nitrogen and oxygen atoms in total. The first-order valence-corrected chi connectivity index (χ1v) is 13.9. The zero-order valence-electron chi connectivity index (χ0n) is 22.9. The van der Waals surface area contributed by atoms with E-state index >= 15 is 0 Å². The minimum absolute atomic E-state index is 0.207. The zero-order chi connectivity index (χ0) is 29.6. The van der Waals surface area contributed by atoms with Gasteiger partial charge in [-0.05, 0) is 82.0 Å². The Kier molecular flexibility index (Phi) is 8.68. The number of ether oxygens (including phenoxy) is 3. The first-order chi connectivity index (χ1) is 20.3.